The lowest BCUT2D eigenvalue weighted by molar-refractivity contribution is 0.0320. The number of aliphatic imine (C=N–C) groups is 1. The quantitative estimate of drug-likeness (QED) is 0.380. The van der Waals surface area contributed by atoms with Gasteiger partial charge in [0.15, 0.2) is 5.96 Å². The number of nitrogens with one attached hydrogen (secondary N) is 2. The molecule has 1 atom stereocenters. The van der Waals surface area contributed by atoms with Gasteiger partial charge in [0.2, 0.25) is 0 Å². The van der Waals surface area contributed by atoms with Crippen LogP contribution in [0.4, 0.5) is 0 Å². The summed E-state index contributed by atoms with van der Waals surface area (Å²) in [4.78, 5) is 6.74. The average molecular weight is 412 g/mol. The topological polar surface area (TPSA) is 48.9 Å². The minimum Gasteiger partial charge on any atom is -0.379 e. The normalized spacial score (nSPS) is 18.2. The Morgan fingerprint density at radius 1 is 1.19 bits per heavy atom. The zero-order valence-electron chi connectivity index (χ0n) is 14.0. The summed E-state index contributed by atoms with van der Waals surface area (Å²) in [6.07, 6.45) is 1.17. The van der Waals surface area contributed by atoms with E-state index in [1.807, 2.05) is 7.05 Å². The molecule has 1 heterocycles. The number of morpholine rings is 1. The van der Waals surface area contributed by atoms with Gasteiger partial charge < -0.3 is 15.4 Å². The Labute approximate surface area is 147 Å². The predicted octanol–water partition coefficient (Wildman–Crippen LogP) is 1.78. The molecular formula is C15H33IN4O. The zero-order valence-corrected chi connectivity index (χ0v) is 16.4. The fraction of sp³-hybridized carbons (Fsp3) is 0.933. The van der Waals surface area contributed by atoms with Crippen molar-refractivity contribution < 1.29 is 4.74 Å². The second kappa shape index (κ2) is 12.5. The molecule has 0 aromatic heterocycles. The lowest BCUT2D eigenvalue weighted by Gasteiger charge is -2.29. The minimum absolute atomic E-state index is 0. The van der Waals surface area contributed by atoms with Gasteiger partial charge in [-0.3, -0.25) is 9.89 Å². The standard InChI is InChI=1S/C15H32N4O.HI/c1-13(2)5-6-17-15(16-4)18-11-14(3)12-19-7-9-20-10-8-19;/h13-14H,5-12H2,1-4H3,(H2,16,17,18);1H. The van der Waals surface area contributed by atoms with Crippen LogP contribution in [0.25, 0.3) is 0 Å². The smallest absolute Gasteiger partial charge is 0.190 e. The molecular weight excluding hydrogens is 379 g/mol. The van der Waals surface area contributed by atoms with Gasteiger partial charge >= 0.3 is 0 Å². The maximum Gasteiger partial charge on any atom is 0.190 e. The Morgan fingerprint density at radius 3 is 2.43 bits per heavy atom. The van der Waals surface area contributed by atoms with Crippen LogP contribution in [0.3, 0.4) is 0 Å². The molecule has 0 bridgehead atoms. The van der Waals surface area contributed by atoms with Crippen LogP contribution in [-0.2, 0) is 4.74 Å². The Hall–Kier alpha value is -0.0800. The number of hydrogen-bond donors (Lipinski definition) is 2. The molecule has 0 aliphatic carbocycles. The van der Waals surface area contributed by atoms with Gasteiger partial charge in [-0.25, -0.2) is 0 Å². The fourth-order valence-electron chi connectivity index (χ4n) is 2.26. The maximum absolute atomic E-state index is 5.37. The van der Waals surface area contributed by atoms with E-state index in [0.29, 0.717) is 5.92 Å². The van der Waals surface area contributed by atoms with Crippen molar-refractivity contribution in [2.45, 2.75) is 27.2 Å². The summed E-state index contributed by atoms with van der Waals surface area (Å²) in [6.45, 7) is 13.7. The van der Waals surface area contributed by atoms with Crippen molar-refractivity contribution in [3.8, 4) is 0 Å². The summed E-state index contributed by atoms with van der Waals surface area (Å²) in [6, 6.07) is 0. The van der Waals surface area contributed by atoms with E-state index in [0.717, 1.165) is 57.8 Å². The lowest BCUT2D eigenvalue weighted by Crippen LogP contribution is -2.44. The first kappa shape index (κ1) is 20.9. The maximum atomic E-state index is 5.37. The summed E-state index contributed by atoms with van der Waals surface area (Å²) in [5.74, 6) is 2.25. The van der Waals surface area contributed by atoms with Crippen LogP contribution >= 0.6 is 24.0 Å². The third kappa shape index (κ3) is 10.3. The molecule has 0 saturated carbocycles. The SMILES string of the molecule is CN=C(NCCC(C)C)NCC(C)CN1CCOCC1.I. The Balaban J connectivity index is 0.00000400. The molecule has 1 rings (SSSR count). The molecule has 126 valence electrons. The van der Waals surface area contributed by atoms with E-state index in [9.17, 15) is 0 Å². The Morgan fingerprint density at radius 2 is 1.86 bits per heavy atom. The second-order valence-corrected chi connectivity index (χ2v) is 6.08. The van der Waals surface area contributed by atoms with E-state index in [1.54, 1.807) is 0 Å². The summed E-state index contributed by atoms with van der Waals surface area (Å²) in [7, 11) is 1.83. The molecule has 0 aromatic rings. The summed E-state index contributed by atoms with van der Waals surface area (Å²) < 4.78 is 5.37. The van der Waals surface area contributed by atoms with Crippen molar-refractivity contribution in [2.24, 2.45) is 16.8 Å². The molecule has 6 heteroatoms. The van der Waals surface area contributed by atoms with Gasteiger partial charge in [-0.1, -0.05) is 20.8 Å². The van der Waals surface area contributed by atoms with Gasteiger partial charge in [0.1, 0.15) is 0 Å². The highest BCUT2D eigenvalue weighted by molar-refractivity contribution is 14.0. The van der Waals surface area contributed by atoms with Crippen molar-refractivity contribution in [3.63, 3.8) is 0 Å². The van der Waals surface area contributed by atoms with Crippen LogP contribution in [0.15, 0.2) is 4.99 Å². The summed E-state index contributed by atoms with van der Waals surface area (Å²) in [5, 5.41) is 6.78. The first-order chi connectivity index (χ1) is 9.61. The van der Waals surface area contributed by atoms with Crippen LogP contribution in [0.5, 0.6) is 0 Å². The largest absolute Gasteiger partial charge is 0.379 e. The molecule has 0 amide bonds. The predicted molar refractivity (Wildman–Crippen MR) is 101 cm³/mol. The number of halogens is 1. The van der Waals surface area contributed by atoms with E-state index < -0.39 is 0 Å². The third-order valence-electron chi connectivity index (χ3n) is 3.53. The van der Waals surface area contributed by atoms with E-state index >= 15 is 0 Å². The molecule has 5 nitrogen and oxygen atoms in total. The van der Waals surface area contributed by atoms with Crippen LogP contribution in [0, 0.1) is 11.8 Å². The molecule has 1 saturated heterocycles. The first-order valence-corrected chi connectivity index (χ1v) is 7.86. The summed E-state index contributed by atoms with van der Waals surface area (Å²) in [5.41, 5.74) is 0. The molecule has 1 unspecified atom stereocenters. The molecule has 0 spiro atoms. The van der Waals surface area contributed by atoms with Crippen LogP contribution < -0.4 is 10.6 Å². The van der Waals surface area contributed by atoms with Crippen LogP contribution in [-0.4, -0.2) is 63.8 Å². The Bertz CT molecular complexity index is 281. The van der Waals surface area contributed by atoms with Gasteiger partial charge in [-0.05, 0) is 18.3 Å². The molecule has 1 aliphatic heterocycles. The van der Waals surface area contributed by atoms with Crippen molar-refractivity contribution in [1.29, 1.82) is 0 Å². The number of nitrogens with zero attached hydrogens (tertiary/aromatic N) is 2. The van der Waals surface area contributed by atoms with Gasteiger partial charge in [0.25, 0.3) is 0 Å². The molecule has 0 aromatic carbocycles. The molecule has 2 N–H and O–H groups in total. The van der Waals surface area contributed by atoms with Gasteiger partial charge in [0.05, 0.1) is 13.2 Å². The van der Waals surface area contributed by atoms with E-state index in [4.69, 9.17) is 4.74 Å². The second-order valence-electron chi connectivity index (χ2n) is 6.08. The average Bonchev–Trinajstić information content (AvgIpc) is 2.43. The van der Waals surface area contributed by atoms with Gasteiger partial charge in [-0.2, -0.15) is 0 Å². The molecule has 0 radical (unpaired) electrons. The van der Waals surface area contributed by atoms with E-state index in [1.165, 1.54) is 6.42 Å². The van der Waals surface area contributed by atoms with Crippen molar-refractivity contribution in [3.05, 3.63) is 0 Å². The minimum atomic E-state index is 0. The van der Waals surface area contributed by atoms with Crippen molar-refractivity contribution in [2.75, 3.05) is 53.0 Å². The molecule has 1 fully saturated rings. The zero-order chi connectivity index (χ0) is 14.8. The highest BCUT2D eigenvalue weighted by atomic mass is 127. The van der Waals surface area contributed by atoms with Gasteiger partial charge in [0, 0.05) is 39.8 Å². The number of guanidine groups is 1. The van der Waals surface area contributed by atoms with Gasteiger partial charge in [-0.15, -0.1) is 24.0 Å². The lowest BCUT2D eigenvalue weighted by atomic mass is 10.1. The number of hydrogen-bond acceptors (Lipinski definition) is 3. The van der Waals surface area contributed by atoms with E-state index in [2.05, 4.69) is 41.3 Å². The summed E-state index contributed by atoms with van der Waals surface area (Å²) >= 11 is 0. The first-order valence-electron chi connectivity index (χ1n) is 7.86. The highest BCUT2D eigenvalue weighted by Crippen LogP contribution is 2.02. The monoisotopic (exact) mass is 412 g/mol. The van der Waals surface area contributed by atoms with Crippen LogP contribution in [0.2, 0.25) is 0 Å². The number of rotatable bonds is 7. The van der Waals surface area contributed by atoms with Crippen molar-refractivity contribution >= 4 is 29.9 Å². The molecule has 21 heavy (non-hydrogen) atoms. The third-order valence-corrected chi connectivity index (χ3v) is 3.53. The highest BCUT2D eigenvalue weighted by Gasteiger charge is 2.13. The number of ether oxygens (including phenoxy) is 1. The van der Waals surface area contributed by atoms with Crippen molar-refractivity contribution in [1.82, 2.24) is 15.5 Å². The van der Waals surface area contributed by atoms with E-state index in [-0.39, 0.29) is 24.0 Å². The Kier molecular flexibility index (Phi) is 12.4. The van der Waals surface area contributed by atoms with Crippen LogP contribution in [0.1, 0.15) is 27.2 Å². The molecule has 1 aliphatic rings. The fourth-order valence-corrected chi connectivity index (χ4v) is 2.26.